The van der Waals surface area contributed by atoms with E-state index in [0.717, 1.165) is 0 Å². The molecule has 1 aromatic rings. The van der Waals surface area contributed by atoms with Gasteiger partial charge in [0.15, 0.2) is 0 Å². The Morgan fingerprint density at radius 1 is 1.08 bits per heavy atom. The molecule has 0 radical (unpaired) electrons. The standard InChI is InChI=1S/C6H5.H3O4P.Zr/c1-2-4-6-5-3-1;1-5(2,3)4;/h1-5H;(H3,1,2,3,4);. The number of phosphoric acid groups is 1. The van der Waals surface area contributed by atoms with Crippen molar-refractivity contribution in [3.63, 3.8) is 0 Å². The Labute approximate surface area is 85.3 Å². The Hall–Kier alpha value is 0.213. The van der Waals surface area contributed by atoms with Gasteiger partial charge in [0.05, 0.1) is 0 Å². The number of hydrogen-bond acceptors (Lipinski definition) is 1. The van der Waals surface area contributed by atoms with Crippen molar-refractivity contribution < 1.29 is 44.0 Å². The molecule has 65 valence electrons. The van der Waals surface area contributed by atoms with Gasteiger partial charge in [-0.2, -0.15) is 0 Å². The third kappa shape index (κ3) is 12.9. The predicted molar refractivity (Wildman–Crippen MR) is 40.3 cm³/mol. The van der Waals surface area contributed by atoms with Crippen molar-refractivity contribution in [2.75, 3.05) is 0 Å². The molecule has 0 spiro atoms. The van der Waals surface area contributed by atoms with Crippen molar-refractivity contribution in [3.05, 3.63) is 30.3 Å². The van der Waals surface area contributed by atoms with Crippen LogP contribution in [0.3, 0.4) is 0 Å². The quantitative estimate of drug-likeness (QED) is 0.574. The number of rotatable bonds is 0. The molecule has 1 aromatic carbocycles. The van der Waals surface area contributed by atoms with Crippen LogP contribution < -0.4 is 3.27 Å². The first-order chi connectivity index (χ1) is 5.39. The Bertz CT molecular complexity index is 249. The molecule has 0 aliphatic heterocycles. The van der Waals surface area contributed by atoms with Crippen molar-refractivity contribution in [1.29, 1.82) is 0 Å². The van der Waals surface area contributed by atoms with Gasteiger partial charge in [-0.05, 0) is 0 Å². The molecule has 0 saturated heterocycles. The first-order valence-corrected chi connectivity index (χ1v) is 5.74. The zero-order chi connectivity index (χ0) is 9.61. The molecule has 6 heteroatoms. The van der Waals surface area contributed by atoms with E-state index in [1.807, 2.05) is 6.07 Å². The molecule has 12 heavy (non-hydrogen) atoms. The van der Waals surface area contributed by atoms with Gasteiger partial charge >= 0.3 is 66.1 Å². The summed E-state index contributed by atoms with van der Waals surface area (Å²) in [5.74, 6) is 0. The molecule has 0 heterocycles. The molecule has 0 saturated carbocycles. The van der Waals surface area contributed by atoms with E-state index in [-0.39, 0.29) is 0 Å². The van der Waals surface area contributed by atoms with Gasteiger partial charge in [0, 0.05) is 0 Å². The van der Waals surface area contributed by atoms with E-state index in [0.29, 0.717) is 0 Å². The average molecular weight is 266 g/mol. The van der Waals surface area contributed by atoms with Gasteiger partial charge in [-0.15, -0.1) is 0 Å². The molecule has 0 bridgehead atoms. The van der Waals surface area contributed by atoms with Crippen molar-refractivity contribution >= 4 is 11.1 Å². The second-order valence-corrected chi connectivity index (χ2v) is 4.33. The van der Waals surface area contributed by atoms with Gasteiger partial charge in [-0.1, -0.05) is 0 Å². The van der Waals surface area contributed by atoms with E-state index in [1.54, 1.807) is 0 Å². The maximum atomic E-state index is 8.88. The minimum atomic E-state index is -4.64. The zero-order valence-electron chi connectivity index (χ0n) is 6.08. The molecular formula is C6H8O4PZr. The van der Waals surface area contributed by atoms with E-state index in [4.69, 9.17) is 19.2 Å². The van der Waals surface area contributed by atoms with Gasteiger partial charge in [0.25, 0.3) is 0 Å². The van der Waals surface area contributed by atoms with Crippen molar-refractivity contribution in [2.24, 2.45) is 0 Å². The van der Waals surface area contributed by atoms with Crippen LogP contribution in [0.2, 0.25) is 0 Å². The first kappa shape index (κ1) is 12.2. The van der Waals surface area contributed by atoms with E-state index in [9.17, 15) is 0 Å². The topological polar surface area (TPSA) is 77.8 Å². The summed E-state index contributed by atoms with van der Waals surface area (Å²) in [4.78, 5) is 21.6. The second-order valence-electron chi connectivity index (χ2n) is 1.88. The molecule has 4 nitrogen and oxygen atoms in total. The monoisotopic (exact) mass is 265 g/mol. The van der Waals surface area contributed by atoms with Gasteiger partial charge in [0.2, 0.25) is 0 Å². The summed E-state index contributed by atoms with van der Waals surface area (Å²) in [6.45, 7) is 0. The summed E-state index contributed by atoms with van der Waals surface area (Å²) >= 11 is 1.49. The minimum absolute atomic E-state index is 1.41. The van der Waals surface area contributed by atoms with E-state index in [2.05, 4.69) is 24.3 Å². The van der Waals surface area contributed by atoms with Crippen LogP contribution in [0, 0.1) is 0 Å². The van der Waals surface area contributed by atoms with Gasteiger partial charge in [-0.3, -0.25) is 0 Å². The molecular weight excluding hydrogens is 258 g/mol. The molecule has 0 aliphatic carbocycles. The van der Waals surface area contributed by atoms with Crippen molar-refractivity contribution in [1.82, 2.24) is 0 Å². The zero-order valence-corrected chi connectivity index (χ0v) is 9.44. The molecule has 0 aliphatic rings. The summed E-state index contributed by atoms with van der Waals surface area (Å²) in [5, 5.41) is 0. The molecule has 0 fully saturated rings. The summed E-state index contributed by atoms with van der Waals surface area (Å²) in [6.07, 6.45) is 0. The third-order valence-electron chi connectivity index (χ3n) is 0.774. The third-order valence-corrected chi connectivity index (χ3v) is 1.59. The Morgan fingerprint density at radius 3 is 1.58 bits per heavy atom. The first-order valence-electron chi connectivity index (χ1n) is 2.94. The SMILES string of the molecule is O=P(O)(O)O.[Zr][c]1ccccc1. The van der Waals surface area contributed by atoms with E-state index >= 15 is 0 Å². The van der Waals surface area contributed by atoms with Crippen molar-refractivity contribution in [3.8, 4) is 0 Å². The Morgan fingerprint density at radius 2 is 1.42 bits per heavy atom. The van der Waals surface area contributed by atoms with Crippen molar-refractivity contribution in [2.45, 2.75) is 0 Å². The second kappa shape index (κ2) is 5.79. The summed E-state index contributed by atoms with van der Waals surface area (Å²) in [5.41, 5.74) is 0. The average Bonchev–Trinajstić information content (AvgIpc) is 1.85. The van der Waals surface area contributed by atoms with Crippen LogP contribution in [0.25, 0.3) is 0 Å². The van der Waals surface area contributed by atoms with Crippen LogP contribution in [0.1, 0.15) is 0 Å². The maximum absolute atomic E-state index is 8.88. The Balaban J connectivity index is 0.000000217. The summed E-state index contributed by atoms with van der Waals surface area (Å²) in [7, 11) is -4.64. The van der Waals surface area contributed by atoms with Crippen LogP contribution in [0.4, 0.5) is 0 Å². The van der Waals surface area contributed by atoms with Crippen LogP contribution in [0.15, 0.2) is 30.3 Å². The molecule has 3 N–H and O–H groups in total. The van der Waals surface area contributed by atoms with E-state index < -0.39 is 7.82 Å². The van der Waals surface area contributed by atoms with Crippen LogP contribution in [-0.2, 0) is 29.3 Å². The fraction of sp³-hybridized carbons (Fsp3) is 0. The molecule has 0 amide bonds. The normalized spacial score (nSPS) is 9.83. The molecule has 0 unspecified atom stereocenters. The summed E-state index contributed by atoms with van der Waals surface area (Å²) in [6, 6.07) is 10.4. The number of benzene rings is 1. The van der Waals surface area contributed by atoms with Crippen LogP contribution in [-0.4, -0.2) is 14.7 Å². The van der Waals surface area contributed by atoms with Gasteiger partial charge in [0.1, 0.15) is 0 Å². The molecule has 0 aromatic heterocycles. The Kier molecular flexibility index (Phi) is 5.89. The summed E-state index contributed by atoms with van der Waals surface area (Å²) < 4.78 is 10.3. The van der Waals surface area contributed by atoms with Gasteiger partial charge < -0.3 is 14.7 Å². The molecule has 1 rings (SSSR count). The van der Waals surface area contributed by atoms with Crippen LogP contribution in [0.5, 0.6) is 0 Å². The fourth-order valence-electron chi connectivity index (χ4n) is 0.438. The number of hydrogen-bond donors (Lipinski definition) is 3. The van der Waals surface area contributed by atoms with E-state index in [1.165, 1.54) is 28.0 Å². The fourth-order valence-corrected chi connectivity index (χ4v) is 0.911. The van der Waals surface area contributed by atoms with Gasteiger partial charge in [-0.25, -0.2) is 4.57 Å². The predicted octanol–water partition coefficient (Wildman–Crippen LogP) is -0.0699. The van der Waals surface area contributed by atoms with Crippen LogP contribution >= 0.6 is 7.82 Å². The molecule has 0 atom stereocenters.